The normalized spacial score (nSPS) is 9.50. The number of aromatic amines is 1. The lowest BCUT2D eigenvalue weighted by Gasteiger charge is -1.97. The second-order valence-electron chi connectivity index (χ2n) is 3.00. The van der Waals surface area contributed by atoms with Crippen molar-refractivity contribution in [3.05, 3.63) is 58.5 Å². The van der Waals surface area contributed by atoms with Gasteiger partial charge in [-0.2, -0.15) is 0 Å². The number of carbonyl (C=O) groups is 1. The first kappa shape index (κ1) is 9.95. The maximum absolute atomic E-state index is 11.8. The Morgan fingerprint density at radius 2 is 2.12 bits per heavy atom. The van der Waals surface area contributed by atoms with Gasteiger partial charge in [-0.25, -0.2) is 4.98 Å². The van der Waals surface area contributed by atoms with Crippen LogP contribution < -0.4 is 0 Å². The van der Waals surface area contributed by atoms with Gasteiger partial charge in [0.25, 0.3) is 0 Å². The number of aromatic nitrogens is 2. The standard InChI is InChI=1S/C10H7N5O/c11-15-14-8-3-1-7(2-4-8)9(16)10-12-5-6-13-10/h1-6H,(H,12,13). The maximum Gasteiger partial charge on any atom is 0.228 e. The second kappa shape index (κ2) is 4.29. The molecule has 16 heavy (non-hydrogen) atoms. The largest absolute Gasteiger partial charge is 0.342 e. The van der Waals surface area contributed by atoms with Gasteiger partial charge in [0.2, 0.25) is 5.78 Å². The van der Waals surface area contributed by atoms with Gasteiger partial charge in [-0.15, -0.1) is 0 Å². The Kier molecular flexibility index (Phi) is 2.67. The number of H-pyrrole nitrogens is 1. The van der Waals surface area contributed by atoms with Gasteiger partial charge in [-0.3, -0.25) is 4.79 Å². The van der Waals surface area contributed by atoms with E-state index < -0.39 is 0 Å². The van der Waals surface area contributed by atoms with Crippen molar-refractivity contribution in [1.82, 2.24) is 9.97 Å². The van der Waals surface area contributed by atoms with Gasteiger partial charge in [0.15, 0.2) is 5.82 Å². The van der Waals surface area contributed by atoms with Gasteiger partial charge in [-0.05, 0) is 5.53 Å². The fourth-order valence-electron chi connectivity index (χ4n) is 1.26. The van der Waals surface area contributed by atoms with Crippen molar-refractivity contribution in [3.8, 4) is 0 Å². The van der Waals surface area contributed by atoms with Crippen molar-refractivity contribution in [3.63, 3.8) is 0 Å². The van der Waals surface area contributed by atoms with Crippen LogP contribution in [-0.2, 0) is 0 Å². The third-order valence-electron chi connectivity index (χ3n) is 2.00. The van der Waals surface area contributed by atoms with Crippen LogP contribution in [0.3, 0.4) is 0 Å². The van der Waals surface area contributed by atoms with Gasteiger partial charge in [-0.1, -0.05) is 29.4 Å². The summed E-state index contributed by atoms with van der Waals surface area (Å²) in [5.41, 5.74) is 9.19. The summed E-state index contributed by atoms with van der Waals surface area (Å²) >= 11 is 0. The van der Waals surface area contributed by atoms with E-state index in [1.54, 1.807) is 30.5 Å². The Labute approximate surface area is 90.6 Å². The highest BCUT2D eigenvalue weighted by Gasteiger charge is 2.10. The van der Waals surface area contributed by atoms with E-state index >= 15 is 0 Å². The lowest BCUT2D eigenvalue weighted by Crippen LogP contribution is -2.02. The minimum atomic E-state index is -0.197. The quantitative estimate of drug-likeness (QED) is 0.367. The molecule has 1 N–H and O–H groups in total. The molecule has 0 amide bonds. The molecule has 1 aromatic heterocycles. The third-order valence-corrected chi connectivity index (χ3v) is 2.00. The molecule has 1 heterocycles. The number of hydrogen-bond acceptors (Lipinski definition) is 3. The maximum atomic E-state index is 11.8. The number of rotatable bonds is 3. The highest BCUT2D eigenvalue weighted by Crippen LogP contribution is 2.14. The average molecular weight is 213 g/mol. The molecule has 6 heteroatoms. The number of carbonyl (C=O) groups excluding carboxylic acids is 1. The number of nitrogens with zero attached hydrogens (tertiary/aromatic N) is 4. The minimum absolute atomic E-state index is 0.197. The molecule has 0 atom stereocenters. The van der Waals surface area contributed by atoms with Crippen LogP contribution in [0.4, 0.5) is 5.69 Å². The zero-order valence-corrected chi connectivity index (χ0v) is 8.16. The summed E-state index contributed by atoms with van der Waals surface area (Å²) in [4.78, 5) is 21.0. The molecule has 1 aromatic carbocycles. The molecule has 2 rings (SSSR count). The van der Waals surface area contributed by atoms with Crippen molar-refractivity contribution in [2.24, 2.45) is 5.11 Å². The van der Waals surface area contributed by atoms with Crippen molar-refractivity contribution in [2.45, 2.75) is 0 Å². The van der Waals surface area contributed by atoms with Crippen LogP contribution in [-0.4, -0.2) is 15.8 Å². The van der Waals surface area contributed by atoms with Crippen LogP contribution in [0, 0.1) is 0 Å². The van der Waals surface area contributed by atoms with Crippen molar-refractivity contribution < 1.29 is 4.79 Å². The van der Waals surface area contributed by atoms with Crippen LogP contribution in [0.2, 0.25) is 0 Å². The second-order valence-corrected chi connectivity index (χ2v) is 3.00. The molecule has 0 radical (unpaired) electrons. The number of nitrogens with one attached hydrogen (secondary N) is 1. The molecule has 0 aliphatic heterocycles. The van der Waals surface area contributed by atoms with E-state index in [9.17, 15) is 4.79 Å². The van der Waals surface area contributed by atoms with E-state index in [2.05, 4.69) is 20.0 Å². The molecule has 78 valence electrons. The third kappa shape index (κ3) is 1.92. The summed E-state index contributed by atoms with van der Waals surface area (Å²) in [7, 11) is 0. The van der Waals surface area contributed by atoms with E-state index in [0.717, 1.165) is 0 Å². The Balaban J connectivity index is 2.28. The van der Waals surface area contributed by atoms with Crippen molar-refractivity contribution in [2.75, 3.05) is 0 Å². The summed E-state index contributed by atoms with van der Waals surface area (Å²) < 4.78 is 0. The molecule has 0 saturated carbocycles. The smallest absolute Gasteiger partial charge is 0.228 e. The van der Waals surface area contributed by atoms with E-state index in [0.29, 0.717) is 11.3 Å². The number of ketones is 1. The van der Waals surface area contributed by atoms with Crippen LogP contribution in [0.5, 0.6) is 0 Å². The van der Waals surface area contributed by atoms with Gasteiger partial charge in [0.05, 0.1) is 0 Å². The number of imidazole rings is 1. The molecule has 0 aliphatic rings. The molecule has 6 nitrogen and oxygen atoms in total. The Morgan fingerprint density at radius 1 is 1.38 bits per heavy atom. The molecule has 0 unspecified atom stereocenters. The first-order valence-electron chi connectivity index (χ1n) is 4.50. The molecule has 0 fully saturated rings. The minimum Gasteiger partial charge on any atom is -0.342 e. The topological polar surface area (TPSA) is 94.5 Å². The number of azide groups is 1. The molecule has 0 saturated heterocycles. The van der Waals surface area contributed by atoms with E-state index in [4.69, 9.17) is 5.53 Å². The molecular formula is C10H7N5O. The Morgan fingerprint density at radius 3 is 2.69 bits per heavy atom. The monoisotopic (exact) mass is 213 g/mol. The van der Waals surface area contributed by atoms with Gasteiger partial charge >= 0.3 is 0 Å². The van der Waals surface area contributed by atoms with Crippen LogP contribution >= 0.6 is 0 Å². The van der Waals surface area contributed by atoms with Crippen molar-refractivity contribution >= 4 is 11.5 Å². The van der Waals surface area contributed by atoms with Gasteiger partial charge in [0.1, 0.15) is 0 Å². The fourth-order valence-corrected chi connectivity index (χ4v) is 1.26. The fraction of sp³-hybridized carbons (Fsp3) is 0. The highest BCUT2D eigenvalue weighted by atomic mass is 16.1. The summed E-state index contributed by atoms with van der Waals surface area (Å²) in [5, 5.41) is 3.42. The van der Waals surface area contributed by atoms with Gasteiger partial charge in [0, 0.05) is 28.6 Å². The average Bonchev–Trinajstić information content (AvgIpc) is 2.83. The molecule has 2 aromatic rings. The van der Waals surface area contributed by atoms with Crippen molar-refractivity contribution in [1.29, 1.82) is 0 Å². The lowest BCUT2D eigenvalue weighted by atomic mass is 10.1. The summed E-state index contributed by atoms with van der Waals surface area (Å²) in [6, 6.07) is 6.34. The predicted molar refractivity (Wildman–Crippen MR) is 57.3 cm³/mol. The van der Waals surface area contributed by atoms with E-state index in [1.807, 2.05) is 0 Å². The molecule has 0 bridgehead atoms. The zero-order chi connectivity index (χ0) is 11.4. The van der Waals surface area contributed by atoms with Crippen LogP contribution in [0.15, 0.2) is 41.8 Å². The zero-order valence-electron chi connectivity index (χ0n) is 8.16. The molecule has 0 aliphatic carbocycles. The summed E-state index contributed by atoms with van der Waals surface area (Å²) in [5.74, 6) is 0.0917. The lowest BCUT2D eigenvalue weighted by molar-refractivity contribution is 0.103. The molecular weight excluding hydrogens is 206 g/mol. The van der Waals surface area contributed by atoms with E-state index in [-0.39, 0.29) is 11.6 Å². The highest BCUT2D eigenvalue weighted by molar-refractivity contribution is 6.06. The van der Waals surface area contributed by atoms with E-state index in [1.165, 1.54) is 6.20 Å². The predicted octanol–water partition coefficient (Wildman–Crippen LogP) is 2.58. The van der Waals surface area contributed by atoms with Crippen LogP contribution in [0.25, 0.3) is 10.4 Å². The first-order valence-corrected chi connectivity index (χ1v) is 4.50. The number of benzene rings is 1. The van der Waals surface area contributed by atoms with Gasteiger partial charge < -0.3 is 4.98 Å². The Bertz CT molecular complexity index is 537. The first-order chi connectivity index (χ1) is 7.81. The SMILES string of the molecule is [N-]=[N+]=Nc1ccc(C(=O)c2ncc[nH]2)cc1. The number of hydrogen-bond donors (Lipinski definition) is 1. The summed E-state index contributed by atoms with van der Waals surface area (Å²) in [6.07, 6.45) is 3.10. The molecule has 0 spiro atoms. The summed E-state index contributed by atoms with van der Waals surface area (Å²) in [6.45, 7) is 0. The van der Waals surface area contributed by atoms with Crippen LogP contribution in [0.1, 0.15) is 16.2 Å². The Hall–Kier alpha value is -2.59.